The van der Waals surface area contributed by atoms with Gasteiger partial charge in [0.1, 0.15) is 17.7 Å². The van der Waals surface area contributed by atoms with Crippen molar-refractivity contribution in [2.45, 2.75) is 44.4 Å². The predicted octanol–water partition coefficient (Wildman–Crippen LogP) is 6.22. The molecule has 276 valence electrons. The minimum absolute atomic E-state index is 0.0535. The van der Waals surface area contributed by atoms with Crippen LogP contribution >= 0.6 is 0 Å². The number of nitrogens with one attached hydrogen (secondary N) is 4. The van der Waals surface area contributed by atoms with Crippen molar-refractivity contribution in [3.63, 3.8) is 0 Å². The Morgan fingerprint density at radius 2 is 1.68 bits per heavy atom. The fraction of sp³-hybridized carbons (Fsp3) is 0.293. The van der Waals surface area contributed by atoms with Crippen molar-refractivity contribution < 1.29 is 33.4 Å². The van der Waals surface area contributed by atoms with Gasteiger partial charge < -0.3 is 35.1 Å². The van der Waals surface area contributed by atoms with Crippen LogP contribution in [-0.2, 0) is 22.5 Å². The average Bonchev–Trinajstić information content (AvgIpc) is 3.13. The molecule has 1 aliphatic rings. The molecule has 0 radical (unpaired) electrons. The summed E-state index contributed by atoms with van der Waals surface area (Å²) in [5, 5.41) is 30.1. The highest BCUT2D eigenvalue weighted by atomic mass is 19.1. The first kappa shape index (κ1) is 37.2. The molecular formula is C41H45FN5O6+. The van der Waals surface area contributed by atoms with E-state index in [0.717, 1.165) is 47.1 Å². The van der Waals surface area contributed by atoms with Crippen molar-refractivity contribution in [3.05, 3.63) is 124 Å². The lowest BCUT2D eigenvalue weighted by atomic mass is 9.99. The highest BCUT2D eigenvalue weighted by molar-refractivity contribution is 5.93. The number of ether oxygens (including phenoxy) is 1. The van der Waals surface area contributed by atoms with Crippen LogP contribution < -0.4 is 21.5 Å². The predicted molar refractivity (Wildman–Crippen MR) is 203 cm³/mol. The minimum Gasteiger partial charge on any atom is -0.506 e. The summed E-state index contributed by atoms with van der Waals surface area (Å²) in [5.74, 6) is -1.05. The molecule has 11 nitrogen and oxygen atoms in total. The van der Waals surface area contributed by atoms with E-state index in [2.05, 4.69) is 35.0 Å². The minimum atomic E-state index is -0.962. The smallest absolute Gasteiger partial charge is 0.411 e. The number of H-pyrrole nitrogens is 1. The number of piperidine rings is 1. The molecule has 0 aliphatic carbocycles. The molecule has 1 aliphatic heterocycles. The molecule has 4 aromatic carbocycles. The fourth-order valence-electron chi connectivity index (χ4n) is 6.62. The molecule has 6 rings (SSSR count). The van der Waals surface area contributed by atoms with Crippen LogP contribution in [0.4, 0.5) is 20.6 Å². The van der Waals surface area contributed by atoms with E-state index in [1.54, 1.807) is 18.2 Å². The fourth-order valence-corrected chi connectivity index (χ4v) is 6.62. The van der Waals surface area contributed by atoms with Crippen LogP contribution in [0.2, 0.25) is 0 Å². The van der Waals surface area contributed by atoms with Crippen molar-refractivity contribution in [1.82, 2.24) is 10.3 Å². The summed E-state index contributed by atoms with van der Waals surface area (Å²) in [4.78, 5) is 40.2. The number of benzene rings is 4. The molecule has 2 heterocycles. The number of likely N-dealkylation sites (tertiary alicyclic amines) is 1. The van der Waals surface area contributed by atoms with Gasteiger partial charge in [-0.05, 0) is 59.0 Å². The van der Waals surface area contributed by atoms with E-state index in [1.165, 1.54) is 24.3 Å². The van der Waals surface area contributed by atoms with E-state index in [-0.39, 0.29) is 54.0 Å². The van der Waals surface area contributed by atoms with E-state index in [0.29, 0.717) is 28.6 Å². The molecule has 53 heavy (non-hydrogen) atoms. The number of aliphatic hydroxyl groups excluding tert-OH is 1. The van der Waals surface area contributed by atoms with Crippen molar-refractivity contribution in [2.24, 2.45) is 0 Å². The van der Waals surface area contributed by atoms with Gasteiger partial charge in [0, 0.05) is 49.4 Å². The van der Waals surface area contributed by atoms with Gasteiger partial charge in [0.05, 0.1) is 50.2 Å². The number of fused-ring (bicyclic) bond motifs is 1. The number of rotatable bonds is 12. The van der Waals surface area contributed by atoms with E-state index >= 15 is 4.39 Å². The summed E-state index contributed by atoms with van der Waals surface area (Å²) in [5.41, 5.74) is 4.22. The molecule has 5 aromatic rings. The zero-order valence-electron chi connectivity index (χ0n) is 29.8. The second kappa shape index (κ2) is 16.4. The largest absolute Gasteiger partial charge is 0.506 e. The second-order valence-corrected chi connectivity index (χ2v) is 14.2. The number of carbonyl (C=O) groups is 2. The number of anilines is 2. The molecule has 1 saturated heterocycles. The summed E-state index contributed by atoms with van der Waals surface area (Å²) in [6.45, 7) is 2.25. The molecule has 0 spiro atoms. The van der Waals surface area contributed by atoms with E-state index < -0.39 is 18.0 Å². The van der Waals surface area contributed by atoms with Gasteiger partial charge in [-0.25, -0.2) is 9.18 Å². The van der Waals surface area contributed by atoms with Gasteiger partial charge in [0.15, 0.2) is 0 Å². The molecule has 1 fully saturated rings. The maximum Gasteiger partial charge on any atom is 0.411 e. The van der Waals surface area contributed by atoms with Crippen LogP contribution in [0.25, 0.3) is 22.0 Å². The van der Waals surface area contributed by atoms with Crippen LogP contribution in [0, 0.1) is 5.82 Å². The van der Waals surface area contributed by atoms with Crippen LogP contribution in [0.15, 0.2) is 95.8 Å². The summed E-state index contributed by atoms with van der Waals surface area (Å²) in [6.07, 6.45) is 0.442. The SMILES string of the molecule is C[N+]1(C)CCC(OC(=O)Nc2cc(CCC(=O)Nc3ccc(CNC[C@@H](O)c4ccc(O)c5[nH]c(=O)ccc45)cc3F)ccc2-c2ccccc2)CC1. The number of aromatic amines is 1. The van der Waals surface area contributed by atoms with Crippen molar-refractivity contribution in [2.75, 3.05) is 44.4 Å². The lowest BCUT2D eigenvalue weighted by Gasteiger charge is -2.36. The number of phenolic OH excluding ortho intramolecular Hbond substituents is 1. The Hall–Kier alpha value is -5.56. The van der Waals surface area contributed by atoms with Crippen molar-refractivity contribution in [3.8, 4) is 16.9 Å². The molecule has 0 saturated carbocycles. The number of aromatic nitrogens is 1. The molecular weight excluding hydrogens is 677 g/mol. The van der Waals surface area contributed by atoms with E-state index in [4.69, 9.17) is 4.74 Å². The number of pyridine rings is 1. The van der Waals surface area contributed by atoms with Gasteiger partial charge in [-0.3, -0.25) is 14.9 Å². The summed E-state index contributed by atoms with van der Waals surface area (Å²) in [6, 6.07) is 25.8. The molecule has 2 amide bonds. The van der Waals surface area contributed by atoms with E-state index in [9.17, 15) is 24.6 Å². The van der Waals surface area contributed by atoms with Crippen LogP contribution in [0.3, 0.4) is 0 Å². The number of hydrogen-bond donors (Lipinski definition) is 6. The number of phenols is 1. The number of quaternary nitrogens is 1. The highest BCUT2D eigenvalue weighted by Gasteiger charge is 2.28. The number of amides is 2. The number of aromatic hydroxyl groups is 1. The van der Waals surface area contributed by atoms with Crippen molar-refractivity contribution in [1.29, 1.82) is 0 Å². The number of carbonyl (C=O) groups excluding carboxylic acids is 2. The second-order valence-electron chi connectivity index (χ2n) is 14.2. The zero-order chi connectivity index (χ0) is 37.5. The Morgan fingerprint density at radius 1 is 0.925 bits per heavy atom. The summed E-state index contributed by atoms with van der Waals surface area (Å²) in [7, 11) is 4.34. The number of hydrogen-bond acceptors (Lipinski definition) is 7. The Bertz CT molecular complexity index is 2140. The molecule has 1 atom stereocenters. The van der Waals surface area contributed by atoms with Gasteiger partial charge in [-0.2, -0.15) is 0 Å². The van der Waals surface area contributed by atoms with Crippen LogP contribution in [0.1, 0.15) is 42.1 Å². The van der Waals surface area contributed by atoms with Gasteiger partial charge in [-0.15, -0.1) is 0 Å². The zero-order valence-corrected chi connectivity index (χ0v) is 29.8. The summed E-state index contributed by atoms with van der Waals surface area (Å²) >= 11 is 0. The maximum absolute atomic E-state index is 15.1. The first-order valence-electron chi connectivity index (χ1n) is 17.7. The lowest BCUT2D eigenvalue weighted by molar-refractivity contribution is -0.896. The third-order valence-corrected chi connectivity index (χ3v) is 9.67. The standard InChI is InChI=1S/C41H44FN5O6/c1-47(2)20-18-29(19-21-47)53-41(52)45-35-23-26(8-11-30(35)28-6-4-3-5-7-28)10-16-38(50)44-34-14-9-27(22-33(34)42)24-43-25-37(49)31-12-15-36(48)40-32(31)13-17-39(51)46-40/h3-9,11-15,17,22-23,29,37,43,49H,10,16,18-21,24-25H2,1-2H3,(H3-,44,45,46,48,50,51,52)/p+1/t37-/m1/s1. The molecule has 1 aromatic heterocycles. The van der Waals surface area contributed by atoms with E-state index in [1.807, 2.05) is 48.5 Å². The average molecular weight is 723 g/mol. The highest BCUT2D eigenvalue weighted by Crippen LogP contribution is 2.31. The normalized spacial score (nSPS) is 14.8. The monoisotopic (exact) mass is 722 g/mol. The Morgan fingerprint density at radius 3 is 2.43 bits per heavy atom. The van der Waals surface area contributed by atoms with Crippen LogP contribution in [-0.4, -0.2) is 71.5 Å². The lowest BCUT2D eigenvalue weighted by Crippen LogP contribution is -2.48. The Labute approximate surface area is 307 Å². The summed E-state index contributed by atoms with van der Waals surface area (Å²) < 4.78 is 21.7. The topological polar surface area (TPSA) is 153 Å². The number of aryl methyl sites for hydroxylation is 1. The van der Waals surface area contributed by atoms with Gasteiger partial charge in [-0.1, -0.05) is 54.6 Å². The quantitative estimate of drug-likeness (QED) is 0.0837. The first-order chi connectivity index (χ1) is 25.4. The molecule has 0 bridgehead atoms. The van der Waals surface area contributed by atoms with Gasteiger partial charge >= 0.3 is 6.09 Å². The number of nitrogens with zero attached hydrogens (tertiary/aromatic N) is 1. The van der Waals surface area contributed by atoms with Gasteiger partial charge in [0.2, 0.25) is 11.5 Å². The number of aliphatic hydroxyl groups is 1. The molecule has 6 N–H and O–H groups in total. The Kier molecular flexibility index (Phi) is 11.5. The first-order valence-corrected chi connectivity index (χ1v) is 17.7. The Balaban J connectivity index is 1.03. The maximum atomic E-state index is 15.1. The number of halogens is 1. The van der Waals surface area contributed by atoms with Gasteiger partial charge in [0.25, 0.3) is 0 Å². The van der Waals surface area contributed by atoms with Crippen LogP contribution in [0.5, 0.6) is 5.75 Å². The molecule has 0 unspecified atom stereocenters. The molecule has 12 heteroatoms. The third kappa shape index (κ3) is 9.66. The van der Waals surface area contributed by atoms with Crippen molar-refractivity contribution >= 4 is 34.3 Å². The third-order valence-electron chi connectivity index (χ3n) is 9.67.